The van der Waals surface area contributed by atoms with Crippen molar-refractivity contribution < 1.29 is 33.7 Å². The Bertz CT molecular complexity index is 1260. The molecular weight excluding hydrogens is 557 g/mol. The van der Waals surface area contributed by atoms with Crippen LogP contribution in [0.5, 0.6) is 5.75 Å². The first-order chi connectivity index (χ1) is 18.8. The smallest absolute Gasteiger partial charge is 0.330 e. The van der Waals surface area contributed by atoms with E-state index in [-0.39, 0.29) is 30.8 Å². The van der Waals surface area contributed by atoms with Crippen molar-refractivity contribution in [3.8, 4) is 16.2 Å². The van der Waals surface area contributed by atoms with Crippen LogP contribution in [0.15, 0.2) is 54.6 Å². The van der Waals surface area contributed by atoms with Gasteiger partial charge in [-0.3, -0.25) is 9.59 Å². The number of ether oxygens (including phenoxy) is 3. The van der Waals surface area contributed by atoms with Crippen molar-refractivity contribution in [2.45, 2.75) is 70.2 Å². The number of allylic oxidation sites excluding steroid dienone is 2. The largest absolute Gasteiger partial charge is 0.460 e. The minimum Gasteiger partial charge on any atom is -0.460 e. The van der Waals surface area contributed by atoms with Gasteiger partial charge >= 0.3 is 17.9 Å². The van der Waals surface area contributed by atoms with Crippen LogP contribution < -0.4 is 4.74 Å². The third-order valence-corrected chi connectivity index (χ3v) is 9.71. The summed E-state index contributed by atoms with van der Waals surface area (Å²) >= 11 is 5.18. The van der Waals surface area contributed by atoms with Gasteiger partial charge in [0, 0.05) is 16.9 Å². The molecule has 2 heterocycles. The summed E-state index contributed by atoms with van der Waals surface area (Å²) in [6.07, 6.45) is 8.72. The molecule has 0 spiro atoms. The van der Waals surface area contributed by atoms with Crippen LogP contribution in [0.3, 0.4) is 0 Å². The lowest BCUT2D eigenvalue weighted by Gasteiger charge is -2.24. The van der Waals surface area contributed by atoms with Crippen LogP contribution in [0.2, 0.25) is 0 Å². The molecule has 1 aliphatic carbocycles. The second-order valence-electron chi connectivity index (χ2n) is 9.87. The normalized spacial score (nSPS) is 27.1. The number of cyclic esters (lactones) is 1. The number of benzene rings is 1. The Morgan fingerprint density at radius 1 is 1.10 bits per heavy atom. The van der Waals surface area contributed by atoms with Crippen molar-refractivity contribution in [1.29, 1.82) is 0 Å². The van der Waals surface area contributed by atoms with E-state index >= 15 is 0 Å². The number of rotatable bonds is 6. The molecule has 1 N–H and O–H groups in total. The summed E-state index contributed by atoms with van der Waals surface area (Å²) in [6, 6.07) is 9.06. The summed E-state index contributed by atoms with van der Waals surface area (Å²) in [5, 5.41) is 10.3. The Labute approximate surface area is 240 Å². The summed E-state index contributed by atoms with van der Waals surface area (Å²) in [6.45, 7) is 1.85. The van der Waals surface area contributed by atoms with Crippen LogP contribution in [0, 0.1) is 15.7 Å². The number of esters is 3. The first kappa shape index (κ1) is 29.3. The van der Waals surface area contributed by atoms with Gasteiger partial charge < -0.3 is 19.3 Å². The first-order valence-corrected chi connectivity index (χ1v) is 15.7. The van der Waals surface area contributed by atoms with E-state index in [0.29, 0.717) is 18.6 Å². The minimum atomic E-state index is -0.731. The van der Waals surface area contributed by atoms with E-state index in [0.717, 1.165) is 33.5 Å². The molecule has 0 bridgehead atoms. The van der Waals surface area contributed by atoms with Gasteiger partial charge in [0.05, 0.1) is 25.0 Å². The first-order valence-electron chi connectivity index (χ1n) is 13.1. The minimum absolute atomic E-state index is 0.0113. The summed E-state index contributed by atoms with van der Waals surface area (Å²) < 4.78 is 17.4. The van der Waals surface area contributed by atoms with Crippen LogP contribution >= 0.6 is 32.9 Å². The molecule has 2 aromatic rings. The monoisotopic (exact) mass is 588 g/mol. The molecule has 39 heavy (non-hydrogen) atoms. The molecule has 2 aliphatic rings. The van der Waals surface area contributed by atoms with E-state index in [4.69, 9.17) is 26.4 Å². The quantitative estimate of drug-likeness (QED) is 0.136. The topological polar surface area (TPSA) is 99.1 Å². The third kappa shape index (κ3) is 8.93. The molecule has 4 rings (SSSR count). The van der Waals surface area contributed by atoms with Crippen molar-refractivity contribution in [3.05, 3.63) is 58.5 Å². The number of aliphatic hydroxyl groups excluding tert-OH is 1. The SMILES string of the molecule is C[C@H]1CCC/C=C/[C@@H]2C[C@H](O)C[C@H]2[C@H](OC(=O)CCC(=O)Oc2ccc(-c3cc(=S)ss3)cc2)/C=C/C(=O)O1. The van der Waals surface area contributed by atoms with Gasteiger partial charge in [-0.25, -0.2) is 4.79 Å². The van der Waals surface area contributed by atoms with E-state index in [2.05, 4.69) is 12.2 Å². The standard InChI is InChI=1S/C29H32O7S3/c1-18-5-3-2-4-6-20-15-21(30)16-23(20)24(11-12-26(31)34-18)36-28(33)14-13-27(32)35-22-9-7-19(8-10-22)25-17-29(37)39-38-25/h4,6-12,17-18,20-21,23-24,30H,2-3,5,13-16H2,1H3/b6-4+,12-11+/t18-,20+,21-,23+,24+/m0/s1. The van der Waals surface area contributed by atoms with Crippen molar-refractivity contribution in [2.24, 2.45) is 11.8 Å². The van der Waals surface area contributed by atoms with Gasteiger partial charge in [0.2, 0.25) is 0 Å². The zero-order valence-corrected chi connectivity index (χ0v) is 24.1. The number of hydrogen-bond acceptors (Lipinski definition) is 10. The van der Waals surface area contributed by atoms with E-state index < -0.39 is 30.1 Å². The molecule has 0 amide bonds. The van der Waals surface area contributed by atoms with E-state index in [1.165, 1.54) is 22.5 Å². The van der Waals surface area contributed by atoms with Crippen LogP contribution in [-0.4, -0.2) is 41.3 Å². The molecule has 5 atom stereocenters. The number of carbonyl (C=O) groups excluding carboxylic acids is 3. The molecule has 7 nitrogen and oxygen atoms in total. The van der Waals surface area contributed by atoms with E-state index in [1.807, 2.05) is 25.1 Å². The van der Waals surface area contributed by atoms with E-state index in [1.54, 1.807) is 22.5 Å². The number of carbonyl (C=O) groups is 3. The average molecular weight is 589 g/mol. The molecule has 1 fully saturated rings. The lowest BCUT2D eigenvalue weighted by atomic mass is 9.89. The molecular formula is C29H32O7S3. The summed E-state index contributed by atoms with van der Waals surface area (Å²) in [4.78, 5) is 38.5. The van der Waals surface area contributed by atoms with Gasteiger partial charge in [0.25, 0.3) is 0 Å². The fourth-order valence-corrected chi connectivity index (χ4v) is 7.27. The van der Waals surface area contributed by atoms with Gasteiger partial charge in [-0.05, 0) is 86.9 Å². The van der Waals surface area contributed by atoms with Crippen molar-refractivity contribution >= 4 is 50.8 Å². The van der Waals surface area contributed by atoms with Crippen molar-refractivity contribution in [1.82, 2.24) is 0 Å². The molecule has 0 radical (unpaired) electrons. The van der Waals surface area contributed by atoms with Gasteiger partial charge in [-0.2, -0.15) is 0 Å². The molecule has 1 aromatic heterocycles. The molecule has 1 aliphatic heterocycles. The second kappa shape index (κ2) is 14.1. The lowest BCUT2D eigenvalue weighted by molar-refractivity contribution is -0.152. The van der Waals surface area contributed by atoms with E-state index in [9.17, 15) is 19.5 Å². The fourth-order valence-electron chi connectivity index (χ4n) is 4.86. The predicted molar refractivity (Wildman–Crippen MR) is 153 cm³/mol. The maximum Gasteiger partial charge on any atom is 0.330 e. The van der Waals surface area contributed by atoms with Crippen LogP contribution in [0.4, 0.5) is 0 Å². The number of aliphatic hydroxyl groups is 1. The molecule has 0 unspecified atom stereocenters. The lowest BCUT2D eigenvalue weighted by Crippen LogP contribution is -2.28. The van der Waals surface area contributed by atoms with Gasteiger partial charge in [0.1, 0.15) is 15.7 Å². The maximum atomic E-state index is 12.7. The Kier molecular flexibility index (Phi) is 10.6. The fraction of sp³-hybridized carbons (Fsp3) is 0.448. The van der Waals surface area contributed by atoms with Crippen molar-refractivity contribution in [2.75, 3.05) is 0 Å². The maximum absolute atomic E-state index is 12.7. The molecule has 1 saturated carbocycles. The average Bonchev–Trinajstić information content (AvgIpc) is 3.50. The zero-order valence-electron chi connectivity index (χ0n) is 21.7. The molecule has 208 valence electrons. The highest BCUT2D eigenvalue weighted by molar-refractivity contribution is 7.80. The third-order valence-electron chi connectivity index (χ3n) is 6.80. The summed E-state index contributed by atoms with van der Waals surface area (Å²) in [5.41, 5.74) is 0.986. The van der Waals surface area contributed by atoms with Crippen LogP contribution in [0.1, 0.15) is 51.9 Å². The number of fused-ring (bicyclic) bond motifs is 1. The Morgan fingerprint density at radius 2 is 1.87 bits per heavy atom. The zero-order chi connectivity index (χ0) is 27.8. The highest BCUT2D eigenvalue weighted by atomic mass is 32.9. The Balaban J connectivity index is 1.35. The predicted octanol–water partition coefficient (Wildman–Crippen LogP) is 6.42. The highest BCUT2D eigenvalue weighted by Crippen LogP contribution is 2.38. The van der Waals surface area contributed by atoms with Crippen molar-refractivity contribution in [3.63, 3.8) is 0 Å². The number of hydrogen-bond donors (Lipinski definition) is 1. The summed E-state index contributed by atoms with van der Waals surface area (Å²) in [7, 11) is 3.12. The molecule has 10 heteroatoms. The molecule has 0 saturated heterocycles. The highest BCUT2D eigenvalue weighted by Gasteiger charge is 2.38. The van der Waals surface area contributed by atoms with Gasteiger partial charge in [0.15, 0.2) is 0 Å². The molecule has 1 aromatic carbocycles. The van der Waals surface area contributed by atoms with Gasteiger partial charge in [-0.1, -0.05) is 45.1 Å². The Morgan fingerprint density at radius 3 is 2.62 bits per heavy atom. The second-order valence-corrected chi connectivity index (χ2v) is 12.8. The van der Waals surface area contributed by atoms with Crippen LogP contribution in [0.25, 0.3) is 10.4 Å². The summed E-state index contributed by atoms with van der Waals surface area (Å²) in [5.74, 6) is -1.41. The van der Waals surface area contributed by atoms with Crippen LogP contribution in [-0.2, 0) is 23.9 Å². The Hall–Kier alpha value is -2.66. The van der Waals surface area contributed by atoms with Gasteiger partial charge in [-0.15, -0.1) is 0 Å².